The molecule has 0 bridgehead atoms. The second kappa shape index (κ2) is 6.24. The van der Waals surface area contributed by atoms with Gasteiger partial charge < -0.3 is 15.7 Å². The first kappa shape index (κ1) is 13.5. The van der Waals surface area contributed by atoms with Gasteiger partial charge >= 0.3 is 12.0 Å². The van der Waals surface area contributed by atoms with E-state index in [1.807, 2.05) is 23.8 Å². The molecule has 0 fully saturated rings. The van der Waals surface area contributed by atoms with Crippen LogP contribution in [0.25, 0.3) is 0 Å². The maximum atomic E-state index is 11.4. The zero-order chi connectivity index (χ0) is 12.8. The van der Waals surface area contributed by atoms with E-state index in [2.05, 4.69) is 10.6 Å². The lowest BCUT2D eigenvalue weighted by Crippen LogP contribution is -2.47. The third-order valence-corrected chi connectivity index (χ3v) is 2.95. The lowest BCUT2D eigenvalue weighted by atomic mass is 10.1. The van der Waals surface area contributed by atoms with Crippen LogP contribution in [0.1, 0.15) is 19.4 Å². The molecule has 94 valence electrons. The van der Waals surface area contributed by atoms with Gasteiger partial charge in [-0.25, -0.2) is 4.79 Å². The second-order valence-corrected chi connectivity index (χ2v) is 4.69. The molecule has 6 heteroatoms. The second-order valence-electron chi connectivity index (χ2n) is 3.91. The number of nitrogens with one attached hydrogen (secondary N) is 2. The van der Waals surface area contributed by atoms with Gasteiger partial charge in [-0.1, -0.05) is 0 Å². The van der Waals surface area contributed by atoms with E-state index in [9.17, 15) is 9.59 Å². The normalized spacial score (nSPS) is 13.8. The summed E-state index contributed by atoms with van der Waals surface area (Å²) in [7, 11) is 0. The van der Waals surface area contributed by atoms with Gasteiger partial charge in [0.25, 0.3) is 0 Å². The molecule has 1 aromatic rings. The van der Waals surface area contributed by atoms with E-state index in [4.69, 9.17) is 5.11 Å². The topological polar surface area (TPSA) is 78.4 Å². The highest BCUT2D eigenvalue weighted by molar-refractivity contribution is 7.07. The maximum Gasteiger partial charge on any atom is 0.325 e. The van der Waals surface area contributed by atoms with Crippen molar-refractivity contribution in [3.63, 3.8) is 0 Å². The van der Waals surface area contributed by atoms with Crippen LogP contribution >= 0.6 is 11.3 Å². The molecule has 0 aliphatic heterocycles. The van der Waals surface area contributed by atoms with E-state index in [1.54, 1.807) is 11.3 Å². The van der Waals surface area contributed by atoms with Gasteiger partial charge in [-0.2, -0.15) is 11.3 Å². The lowest BCUT2D eigenvalue weighted by Gasteiger charge is -2.15. The Morgan fingerprint density at radius 3 is 2.65 bits per heavy atom. The lowest BCUT2D eigenvalue weighted by molar-refractivity contribution is -0.138. The summed E-state index contributed by atoms with van der Waals surface area (Å²) in [5.74, 6) is -1.05. The van der Waals surface area contributed by atoms with Gasteiger partial charge in [-0.05, 0) is 42.7 Å². The van der Waals surface area contributed by atoms with Gasteiger partial charge in [0.1, 0.15) is 6.04 Å². The number of hydrogen-bond donors (Lipinski definition) is 3. The number of carbonyl (C=O) groups is 2. The maximum absolute atomic E-state index is 11.4. The molecule has 3 N–H and O–H groups in total. The van der Waals surface area contributed by atoms with Crippen LogP contribution in [0.4, 0.5) is 4.79 Å². The van der Waals surface area contributed by atoms with Crippen LogP contribution < -0.4 is 10.6 Å². The van der Waals surface area contributed by atoms with Gasteiger partial charge in [-0.3, -0.25) is 4.79 Å². The minimum atomic E-state index is -1.05. The zero-order valence-electron chi connectivity index (χ0n) is 9.77. The molecule has 0 aliphatic carbocycles. The van der Waals surface area contributed by atoms with Crippen molar-refractivity contribution in [3.8, 4) is 0 Å². The van der Waals surface area contributed by atoms with E-state index >= 15 is 0 Å². The minimum absolute atomic E-state index is 0.0365. The summed E-state index contributed by atoms with van der Waals surface area (Å²) < 4.78 is 0. The Hall–Kier alpha value is -1.56. The Labute approximate surface area is 104 Å². The predicted molar refractivity (Wildman–Crippen MR) is 66.3 cm³/mol. The van der Waals surface area contributed by atoms with E-state index in [0.29, 0.717) is 0 Å². The minimum Gasteiger partial charge on any atom is -0.480 e. The van der Waals surface area contributed by atoms with Crippen LogP contribution in [0, 0.1) is 0 Å². The Morgan fingerprint density at radius 1 is 1.41 bits per heavy atom. The predicted octanol–water partition coefficient (Wildman–Crippen LogP) is 1.45. The van der Waals surface area contributed by atoms with E-state index in [1.165, 1.54) is 6.92 Å². The summed E-state index contributed by atoms with van der Waals surface area (Å²) in [4.78, 5) is 21.9. The van der Waals surface area contributed by atoms with Gasteiger partial charge in [0.15, 0.2) is 0 Å². The molecule has 0 radical (unpaired) electrons. The molecular weight excluding hydrogens is 240 g/mol. The molecule has 1 aromatic heterocycles. The number of aliphatic carboxylic acids is 1. The highest BCUT2D eigenvalue weighted by Crippen LogP contribution is 2.08. The first-order valence-corrected chi connectivity index (χ1v) is 6.24. The summed E-state index contributed by atoms with van der Waals surface area (Å²) >= 11 is 1.61. The fraction of sp³-hybridized carbons (Fsp3) is 0.455. The van der Waals surface area contributed by atoms with Gasteiger partial charge in [0.2, 0.25) is 0 Å². The van der Waals surface area contributed by atoms with Crippen LogP contribution in [0.2, 0.25) is 0 Å². The Bertz CT molecular complexity index is 378. The number of amides is 2. The number of carboxylic acids is 1. The van der Waals surface area contributed by atoms with Crippen molar-refractivity contribution in [1.29, 1.82) is 0 Å². The molecule has 2 atom stereocenters. The highest BCUT2D eigenvalue weighted by Gasteiger charge is 2.15. The molecular formula is C11H16N2O3S. The Morgan fingerprint density at radius 2 is 2.12 bits per heavy atom. The largest absolute Gasteiger partial charge is 0.480 e. The Kier molecular flexibility index (Phi) is 4.96. The molecule has 2 amide bonds. The van der Waals surface area contributed by atoms with Crippen molar-refractivity contribution in [2.24, 2.45) is 0 Å². The van der Waals surface area contributed by atoms with Crippen LogP contribution in [-0.2, 0) is 11.2 Å². The molecule has 1 unspecified atom stereocenters. The van der Waals surface area contributed by atoms with Crippen molar-refractivity contribution < 1.29 is 14.7 Å². The SMILES string of the molecule is CC(Cc1ccsc1)NC(=O)N[C@@H](C)C(=O)O. The van der Waals surface area contributed by atoms with E-state index in [0.717, 1.165) is 12.0 Å². The van der Waals surface area contributed by atoms with Crippen LogP contribution in [-0.4, -0.2) is 29.2 Å². The van der Waals surface area contributed by atoms with E-state index in [-0.39, 0.29) is 6.04 Å². The van der Waals surface area contributed by atoms with Crippen molar-refractivity contribution in [2.45, 2.75) is 32.4 Å². The summed E-state index contributed by atoms with van der Waals surface area (Å²) in [6.45, 7) is 3.30. The van der Waals surface area contributed by atoms with Crippen molar-refractivity contribution >= 4 is 23.3 Å². The number of urea groups is 1. The zero-order valence-corrected chi connectivity index (χ0v) is 10.6. The molecule has 0 saturated heterocycles. The summed E-state index contributed by atoms with van der Waals surface area (Å²) in [6, 6.07) is 0.622. The highest BCUT2D eigenvalue weighted by atomic mass is 32.1. The fourth-order valence-electron chi connectivity index (χ4n) is 1.34. The average Bonchev–Trinajstić information content (AvgIpc) is 2.69. The Balaban J connectivity index is 2.33. The third-order valence-electron chi connectivity index (χ3n) is 2.22. The van der Waals surface area contributed by atoms with Crippen LogP contribution in [0.3, 0.4) is 0 Å². The quantitative estimate of drug-likeness (QED) is 0.746. The van der Waals surface area contributed by atoms with Crippen molar-refractivity contribution in [1.82, 2.24) is 10.6 Å². The fourth-order valence-corrected chi connectivity index (χ4v) is 2.02. The smallest absolute Gasteiger partial charge is 0.325 e. The first-order chi connectivity index (χ1) is 7.99. The van der Waals surface area contributed by atoms with Gasteiger partial charge in [-0.15, -0.1) is 0 Å². The standard InChI is InChI=1S/C11H16N2O3S/c1-7(5-9-3-4-17-6-9)12-11(16)13-8(2)10(14)15/h3-4,6-8H,5H2,1-2H3,(H,14,15)(H2,12,13,16)/t7?,8-/m0/s1. The first-order valence-electron chi connectivity index (χ1n) is 5.30. The summed E-state index contributed by atoms with van der Waals surface area (Å²) in [6.07, 6.45) is 0.734. The molecule has 5 nitrogen and oxygen atoms in total. The number of carboxylic acid groups (broad SMARTS) is 1. The third kappa shape index (κ3) is 4.86. The summed E-state index contributed by atoms with van der Waals surface area (Å²) in [5.41, 5.74) is 1.16. The molecule has 1 rings (SSSR count). The van der Waals surface area contributed by atoms with Crippen LogP contribution in [0.5, 0.6) is 0 Å². The molecule has 1 heterocycles. The number of thiophene rings is 1. The van der Waals surface area contributed by atoms with Gasteiger partial charge in [0.05, 0.1) is 0 Å². The molecule has 17 heavy (non-hydrogen) atoms. The number of hydrogen-bond acceptors (Lipinski definition) is 3. The molecule has 0 saturated carbocycles. The molecule has 0 spiro atoms. The van der Waals surface area contributed by atoms with Gasteiger partial charge in [0, 0.05) is 6.04 Å². The van der Waals surface area contributed by atoms with Crippen molar-refractivity contribution in [2.75, 3.05) is 0 Å². The van der Waals surface area contributed by atoms with Crippen molar-refractivity contribution in [3.05, 3.63) is 22.4 Å². The monoisotopic (exact) mass is 256 g/mol. The van der Waals surface area contributed by atoms with Crippen LogP contribution in [0.15, 0.2) is 16.8 Å². The number of rotatable bonds is 5. The summed E-state index contributed by atoms with van der Waals surface area (Å²) in [5, 5.41) is 17.7. The number of carbonyl (C=O) groups excluding carboxylic acids is 1. The van der Waals surface area contributed by atoms with E-state index < -0.39 is 18.0 Å². The molecule has 0 aliphatic rings. The average molecular weight is 256 g/mol. The molecule has 0 aromatic carbocycles.